The number of hydrogen-bond acceptors (Lipinski definition) is 5. The maximum atomic E-state index is 12.5. The van der Waals surface area contributed by atoms with Gasteiger partial charge in [-0.2, -0.15) is 0 Å². The Morgan fingerprint density at radius 2 is 1.63 bits per heavy atom. The second-order valence-electron chi connectivity index (χ2n) is 8.81. The highest BCUT2D eigenvalue weighted by molar-refractivity contribution is 5.93. The highest BCUT2D eigenvalue weighted by Crippen LogP contribution is 2.19. The van der Waals surface area contributed by atoms with Crippen LogP contribution >= 0.6 is 0 Å². The number of carbonyl (C=O) groups is 3. The summed E-state index contributed by atoms with van der Waals surface area (Å²) < 4.78 is 5.28. The van der Waals surface area contributed by atoms with Gasteiger partial charge in [0.1, 0.15) is 12.1 Å². The number of ether oxygens (including phenoxy) is 1. The minimum Gasteiger partial charge on any atom is -0.444 e. The Balaban J connectivity index is 1.78. The lowest BCUT2D eigenvalue weighted by atomic mass is 10.1. The number of rotatable bonds is 5. The summed E-state index contributed by atoms with van der Waals surface area (Å²) in [5, 5.41) is 3.00. The number of nitrogens with zero attached hydrogens (tertiary/aromatic N) is 3. The molecule has 1 aliphatic heterocycles. The molecule has 0 spiro atoms. The Morgan fingerprint density at radius 1 is 1.07 bits per heavy atom. The third-order valence-corrected chi connectivity index (χ3v) is 4.92. The van der Waals surface area contributed by atoms with Crippen LogP contribution in [0.25, 0.3) is 0 Å². The summed E-state index contributed by atoms with van der Waals surface area (Å²) in [6.07, 6.45) is -0.516. The zero-order chi connectivity index (χ0) is 22.5. The summed E-state index contributed by atoms with van der Waals surface area (Å²) in [6, 6.07) is 5.92. The molecule has 8 heteroatoms. The smallest absolute Gasteiger partial charge is 0.410 e. The molecule has 0 aromatic heterocycles. The highest BCUT2D eigenvalue weighted by atomic mass is 16.6. The van der Waals surface area contributed by atoms with Crippen LogP contribution < -0.4 is 5.32 Å². The van der Waals surface area contributed by atoms with E-state index < -0.39 is 11.7 Å². The zero-order valence-electron chi connectivity index (χ0n) is 18.9. The van der Waals surface area contributed by atoms with Gasteiger partial charge in [-0.1, -0.05) is 18.2 Å². The maximum absolute atomic E-state index is 12.5. The van der Waals surface area contributed by atoms with Crippen LogP contribution in [0.15, 0.2) is 18.2 Å². The van der Waals surface area contributed by atoms with E-state index in [1.165, 1.54) is 4.90 Å². The molecule has 1 saturated heterocycles. The summed E-state index contributed by atoms with van der Waals surface area (Å²) in [7, 11) is 1.56. The van der Waals surface area contributed by atoms with Crippen molar-refractivity contribution in [1.29, 1.82) is 0 Å². The number of aryl methyl sites for hydroxylation is 2. The molecule has 166 valence electrons. The van der Waals surface area contributed by atoms with Gasteiger partial charge in [-0.25, -0.2) is 4.79 Å². The first kappa shape index (κ1) is 23.7. The van der Waals surface area contributed by atoms with Gasteiger partial charge in [0.2, 0.25) is 11.8 Å². The second-order valence-corrected chi connectivity index (χ2v) is 8.81. The summed E-state index contributed by atoms with van der Waals surface area (Å²) in [4.78, 5) is 42.0. The molecule has 30 heavy (non-hydrogen) atoms. The number of hydrogen-bond donors (Lipinski definition) is 1. The Morgan fingerprint density at radius 3 is 2.17 bits per heavy atom. The van der Waals surface area contributed by atoms with Crippen LogP contribution in [0.3, 0.4) is 0 Å². The fraction of sp³-hybridized carbons (Fsp3) is 0.591. The molecule has 1 fully saturated rings. The first-order valence-electron chi connectivity index (χ1n) is 10.3. The molecular formula is C22H34N4O4. The van der Waals surface area contributed by atoms with Crippen LogP contribution in [0.4, 0.5) is 10.5 Å². The Kier molecular flexibility index (Phi) is 7.83. The zero-order valence-corrected chi connectivity index (χ0v) is 18.9. The van der Waals surface area contributed by atoms with Crippen LogP contribution in [0, 0.1) is 13.8 Å². The van der Waals surface area contributed by atoms with Gasteiger partial charge in [0.05, 0.1) is 6.54 Å². The predicted molar refractivity (Wildman–Crippen MR) is 116 cm³/mol. The summed E-state index contributed by atoms with van der Waals surface area (Å²) in [5.41, 5.74) is 2.33. The quantitative estimate of drug-likeness (QED) is 0.793. The van der Waals surface area contributed by atoms with E-state index in [0.717, 1.165) is 16.8 Å². The number of nitrogens with one attached hydrogen (secondary N) is 1. The van der Waals surface area contributed by atoms with Gasteiger partial charge in [0.25, 0.3) is 0 Å². The van der Waals surface area contributed by atoms with Crippen LogP contribution in [0.5, 0.6) is 0 Å². The number of para-hydroxylation sites is 1. The average Bonchev–Trinajstić information content (AvgIpc) is 2.64. The van der Waals surface area contributed by atoms with Gasteiger partial charge in [-0.3, -0.25) is 14.5 Å². The summed E-state index contributed by atoms with van der Waals surface area (Å²) in [6.45, 7) is 11.8. The minimum atomic E-state index is -0.600. The third kappa shape index (κ3) is 7.02. The third-order valence-electron chi connectivity index (χ3n) is 4.92. The Labute approximate surface area is 179 Å². The first-order valence-corrected chi connectivity index (χ1v) is 10.3. The van der Waals surface area contributed by atoms with Gasteiger partial charge in [-0.05, 0) is 45.7 Å². The topological polar surface area (TPSA) is 82.2 Å². The molecule has 0 saturated carbocycles. The molecule has 1 N–H and O–H groups in total. The van der Waals surface area contributed by atoms with E-state index in [1.54, 1.807) is 32.7 Å². The fourth-order valence-corrected chi connectivity index (χ4v) is 3.26. The van der Waals surface area contributed by atoms with Crippen LogP contribution in [0.2, 0.25) is 0 Å². The van der Waals surface area contributed by atoms with E-state index in [-0.39, 0.29) is 24.9 Å². The molecule has 0 bridgehead atoms. The number of likely N-dealkylation sites (N-methyl/N-ethyl adjacent to an activating group) is 1. The number of piperazine rings is 1. The van der Waals surface area contributed by atoms with Crippen molar-refractivity contribution in [2.45, 2.75) is 40.2 Å². The monoisotopic (exact) mass is 418 g/mol. The van der Waals surface area contributed by atoms with E-state index >= 15 is 0 Å². The number of carbonyl (C=O) groups excluding carboxylic acids is 3. The van der Waals surface area contributed by atoms with E-state index in [0.29, 0.717) is 26.2 Å². The lowest BCUT2D eigenvalue weighted by Gasteiger charge is -2.35. The normalized spacial score (nSPS) is 14.9. The van der Waals surface area contributed by atoms with Gasteiger partial charge in [0, 0.05) is 38.9 Å². The average molecular weight is 419 g/mol. The predicted octanol–water partition coefficient (Wildman–Crippen LogP) is 2.25. The second kappa shape index (κ2) is 9.93. The van der Waals surface area contributed by atoms with Gasteiger partial charge in [0.15, 0.2) is 0 Å². The largest absolute Gasteiger partial charge is 0.444 e. The van der Waals surface area contributed by atoms with Gasteiger partial charge >= 0.3 is 6.09 Å². The van der Waals surface area contributed by atoms with E-state index in [1.807, 2.05) is 36.9 Å². The molecule has 1 aromatic rings. The lowest BCUT2D eigenvalue weighted by Crippen LogP contribution is -2.52. The fourth-order valence-electron chi connectivity index (χ4n) is 3.26. The highest BCUT2D eigenvalue weighted by Gasteiger charge is 2.26. The molecule has 0 unspecified atom stereocenters. The number of benzene rings is 1. The maximum Gasteiger partial charge on any atom is 0.410 e. The van der Waals surface area contributed by atoms with Crippen LogP contribution in [0.1, 0.15) is 31.9 Å². The summed E-state index contributed by atoms with van der Waals surface area (Å²) >= 11 is 0. The van der Waals surface area contributed by atoms with Gasteiger partial charge < -0.3 is 19.9 Å². The van der Waals surface area contributed by atoms with Crippen molar-refractivity contribution in [3.8, 4) is 0 Å². The van der Waals surface area contributed by atoms with Crippen molar-refractivity contribution in [1.82, 2.24) is 14.7 Å². The standard InChI is InChI=1S/C22H34N4O4/c1-16-8-7-9-17(2)20(16)23-18(27)14-25-10-12-26(13-11-25)19(28)15-24(6)21(29)30-22(3,4)5/h7-9H,10-15H2,1-6H3,(H,23,27). The number of amides is 3. The molecule has 8 nitrogen and oxygen atoms in total. The van der Waals surface area contributed by atoms with E-state index in [9.17, 15) is 14.4 Å². The molecule has 0 radical (unpaired) electrons. The van der Waals surface area contributed by atoms with Crippen molar-refractivity contribution < 1.29 is 19.1 Å². The Hall–Kier alpha value is -2.61. The van der Waals surface area contributed by atoms with E-state index in [2.05, 4.69) is 5.32 Å². The molecule has 3 amide bonds. The van der Waals surface area contributed by atoms with Crippen molar-refractivity contribution in [3.05, 3.63) is 29.3 Å². The van der Waals surface area contributed by atoms with Crippen LogP contribution in [-0.4, -0.2) is 84.5 Å². The molecule has 0 atom stereocenters. The minimum absolute atomic E-state index is 0.0258. The van der Waals surface area contributed by atoms with Crippen molar-refractivity contribution >= 4 is 23.6 Å². The summed E-state index contributed by atoms with van der Waals surface area (Å²) in [5.74, 6) is -0.181. The van der Waals surface area contributed by atoms with Crippen molar-refractivity contribution in [2.24, 2.45) is 0 Å². The molecule has 0 aliphatic carbocycles. The van der Waals surface area contributed by atoms with Crippen LogP contribution in [-0.2, 0) is 14.3 Å². The molecule has 1 aliphatic rings. The molecular weight excluding hydrogens is 384 g/mol. The lowest BCUT2D eigenvalue weighted by molar-refractivity contribution is -0.134. The first-order chi connectivity index (χ1) is 14.0. The molecule has 2 rings (SSSR count). The van der Waals surface area contributed by atoms with Gasteiger partial charge in [-0.15, -0.1) is 0 Å². The van der Waals surface area contributed by atoms with Crippen molar-refractivity contribution in [3.63, 3.8) is 0 Å². The molecule has 1 aromatic carbocycles. The van der Waals surface area contributed by atoms with E-state index in [4.69, 9.17) is 4.74 Å². The SMILES string of the molecule is Cc1cccc(C)c1NC(=O)CN1CCN(C(=O)CN(C)C(=O)OC(C)(C)C)CC1. The Bertz CT molecular complexity index is 760. The number of anilines is 1. The van der Waals surface area contributed by atoms with Crippen molar-refractivity contribution in [2.75, 3.05) is 51.6 Å². The molecule has 1 heterocycles.